The molecule has 2 amide bonds. The van der Waals surface area contributed by atoms with Gasteiger partial charge in [-0.15, -0.1) is 0 Å². The van der Waals surface area contributed by atoms with Crippen LogP contribution in [0.2, 0.25) is 0 Å². The highest BCUT2D eigenvalue weighted by Gasteiger charge is 2.21. The Labute approximate surface area is 163 Å². The Morgan fingerprint density at radius 2 is 1.89 bits per heavy atom. The maximum Gasteiger partial charge on any atom is 0.319 e. The number of hydrogen-bond donors (Lipinski definition) is 2. The molecule has 0 aliphatic carbocycles. The molecule has 3 rings (SSSR count). The van der Waals surface area contributed by atoms with Gasteiger partial charge in [-0.1, -0.05) is 12.1 Å². The second kappa shape index (κ2) is 9.01. The normalized spacial score (nSPS) is 15.3. The number of likely N-dealkylation sites (tertiary alicyclic amines) is 1. The third kappa shape index (κ3) is 5.19. The lowest BCUT2D eigenvalue weighted by atomic mass is 10.0. The van der Waals surface area contributed by atoms with Crippen LogP contribution in [-0.4, -0.2) is 37.2 Å². The zero-order chi connectivity index (χ0) is 20.1. The number of methoxy groups -OCH3 is 1. The first kappa shape index (κ1) is 20.1. The van der Waals surface area contributed by atoms with Gasteiger partial charge < -0.3 is 15.4 Å². The summed E-state index contributed by atoms with van der Waals surface area (Å²) in [4.78, 5) is 14.4. The van der Waals surface area contributed by atoms with Crippen molar-refractivity contribution >= 4 is 11.7 Å². The SMILES string of the molecule is COc1ccc(CN2CCC(NC(=O)Nc3ccc(C)c(F)c3)CC2)cc1F. The van der Waals surface area contributed by atoms with E-state index in [-0.39, 0.29) is 29.5 Å². The zero-order valence-corrected chi connectivity index (χ0v) is 16.1. The lowest BCUT2D eigenvalue weighted by Gasteiger charge is -2.32. The van der Waals surface area contributed by atoms with Crippen molar-refractivity contribution in [2.45, 2.75) is 32.4 Å². The molecular weight excluding hydrogens is 364 g/mol. The molecule has 0 saturated carbocycles. The number of nitrogens with one attached hydrogen (secondary N) is 2. The Morgan fingerprint density at radius 1 is 1.14 bits per heavy atom. The van der Waals surface area contributed by atoms with E-state index in [9.17, 15) is 13.6 Å². The van der Waals surface area contributed by atoms with Crippen LogP contribution in [0.1, 0.15) is 24.0 Å². The molecule has 0 atom stereocenters. The highest BCUT2D eigenvalue weighted by Crippen LogP contribution is 2.20. The average molecular weight is 389 g/mol. The van der Waals surface area contributed by atoms with Crippen molar-refractivity contribution in [3.8, 4) is 5.75 Å². The van der Waals surface area contributed by atoms with Gasteiger partial charge in [0.1, 0.15) is 5.82 Å². The van der Waals surface area contributed by atoms with E-state index in [0.717, 1.165) is 31.5 Å². The van der Waals surface area contributed by atoms with E-state index < -0.39 is 0 Å². The molecule has 2 aromatic rings. The molecule has 1 heterocycles. The van der Waals surface area contributed by atoms with Gasteiger partial charge in [0, 0.05) is 31.4 Å². The van der Waals surface area contributed by atoms with Gasteiger partial charge in [0.05, 0.1) is 7.11 Å². The third-order valence-electron chi connectivity index (χ3n) is 4.97. The molecule has 0 spiro atoms. The minimum atomic E-state index is -0.360. The van der Waals surface area contributed by atoms with Gasteiger partial charge in [0.2, 0.25) is 0 Å². The van der Waals surface area contributed by atoms with Crippen LogP contribution in [0.15, 0.2) is 36.4 Å². The predicted octanol–water partition coefficient (Wildman–Crippen LogP) is 4.07. The quantitative estimate of drug-likeness (QED) is 0.811. The molecular formula is C21H25F2N3O2. The number of aryl methyl sites for hydroxylation is 1. The smallest absolute Gasteiger partial charge is 0.319 e. The van der Waals surface area contributed by atoms with Gasteiger partial charge in [-0.05, 0) is 55.2 Å². The number of ether oxygens (including phenoxy) is 1. The van der Waals surface area contributed by atoms with E-state index in [1.54, 1.807) is 25.1 Å². The number of piperidine rings is 1. The maximum absolute atomic E-state index is 13.8. The summed E-state index contributed by atoms with van der Waals surface area (Å²) < 4.78 is 32.3. The Bertz CT molecular complexity index is 836. The molecule has 1 fully saturated rings. The largest absolute Gasteiger partial charge is 0.494 e. The molecule has 2 N–H and O–H groups in total. The Hall–Kier alpha value is -2.67. The molecule has 1 aliphatic rings. The predicted molar refractivity (Wildman–Crippen MR) is 105 cm³/mol. The summed E-state index contributed by atoms with van der Waals surface area (Å²) >= 11 is 0. The maximum atomic E-state index is 13.8. The average Bonchev–Trinajstić information content (AvgIpc) is 2.66. The van der Waals surface area contributed by atoms with Crippen LogP contribution < -0.4 is 15.4 Å². The lowest BCUT2D eigenvalue weighted by Crippen LogP contribution is -2.45. The lowest BCUT2D eigenvalue weighted by molar-refractivity contribution is 0.189. The van der Waals surface area contributed by atoms with Gasteiger partial charge in [-0.3, -0.25) is 4.90 Å². The second-order valence-electron chi connectivity index (χ2n) is 7.08. The number of rotatable bonds is 5. The van der Waals surface area contributed by atoms with Crippen LogP contribution in [-0.2, 0) is 6.54 Å². The van der Waals surface area contributed by atoms with Gasteiger partial charge in [-0.2, -0.15) is 0 Å². The Morgan fingerprint density at radius 3 is 2.54 bits per heavy atom. The van der Waals surface area contributed by atoms with E-state index in [1.165, 1.54) is 19.2 Å². The molecule has 0 radical (unpaired) electrons. The first-order chi connectivity index (χ1) is 13.4. The minimum Gasteiger partial charge on any atom is -0.494 e. The Balaban J connectivity index is 1.45. The molecule has 1 saturated heterocycles. The number of benzene rings is 2. The number of amides is 2. The van der Waals surface area contributed by atoms with Gasteiger partial charge >= 0.3 is 6.03 Å². The molecule has 0 aromatic heterocycles. The number of urea groups is 1. The van der Waals surface area contributed by atoms with Crippen LogP contribution in [0, 0.1) is 18.6 Å². The van der Waals surface area contributed by atoms with Gasteiger partial charge in [0.15, 0.2) is 11.6 Å². The third-order valence-corrected chi connectivity index (χ3v) is 4.97. The van der Waals surface area contributed by atoms with E-state index in [2.05, 4.69) is 15.5 Å². The monoisotopic (exact) mass is 389 g/mol. The summed E-state index contributed by atoms with van der Waals surface area (Å²) in [5, 5.41) is 5.60. The van der Waals surface area contributed by atoms with E-state index in [1.807, 2.05) is 6.07 Å². The van der Waals surface area contributed by atoms with Crippen molar-refractivity contribution in [1.82, 2.24) is 10.2 Å². The first-order valence-electron chi connectivity index (χ1n) is 9.33. The van der Waals surface area contributed by atoms with Crippen molar-refractivity contribution in [3.05, 3.63) is 59.2 Å². The summed E-state index contributed by atoms with van der Waals surface area (Å²) in [6.07, 6.45) is 1.60. The highest BCUT2D eigenvalue weighted by atomic mass is 19.1. The number of anilines is 1. The Kier molecular flexibility index (Phi) is 6.46. The van der Waals surface area contributed by atoms with Crippen LogP contribution >= 0.6 is 0 Å². The van der Waals surface area contributed by atoms with Crippen LogP contribution in [0.5, 0.6) is 5.75 Å². The summed E-state index contributed by atoms with van der Waals surface area (Å²) in [7, 11) is 1.45. The van der Waals surface area contributed by atoms with Crippen LogP contribution in [0.3, 0.4) is 0 Å². The molecule has 150 valence electrons. The summed E-state index contributed by atoms with van der Waals surface area (Å²) in [6, 6.07) is 9.33. The number of carbonyl (C=O) groups excluding carboxylic acids is 1. The fourth-order valence-corrected chi connectivity index (χ4v) is 3.33. The van der Waals surface area contributed by atoms with Gasteiger partial charge in [-0.25, -0.2) is 13.6 Å². The van der Waals surface area contributed by atoms with E-state index >= 15 is 0 Å². The molecule has 0 unspecified atom stereocenters. The first-order valence-corrected chi connectivity index (χ1v) is 9.33. The van der Waals surface area contributed by atoms with Crippen molar-refractivity contribution in [2.75, 3.05) is 25.5 Å². The number of halogens is 2. The number of nitrogens with zero attached hydrogens (tertiary/aromatic N) is 1. The molecule has 7 heteroatoms. The fraction of sp³-hybridized carbons (Fsp3) is 0.381. The topological polar surface area (TPSA) is 53.6 Å². The van der Waals surface area contributed by atoms with Gasteiger partial charge in [0.25, 0.3) is 0 Å². The summed E-state index contributed by atoms with van der Waals surface area (Å²) in [5.41, 5.74) is 1.86. The standard InChI is InChI=1S/C21H25F2N3O2/c1-14-3-5-17(12-18(14)22)25-21(27)24-16-7-9-26(10-8-16)13-15-4-6-20(28-2)19(23)11-15/h3-6,11-12,16H,7-10,13H2,1-2H3,(H2,24,25,27). The van der Waals surface area contributed by atoms with Crippen molar-refractivity contribution in [2.24, 2.45) is 0 Å². The van der Waals surface area contributed by atoms with Crippen molar-refractivity contribution in [3.63, 3.8) is 0 Å². The summed E-state index contributed by atoms with van der Waals surface area (Å²) in [5.74, 6) is -0.465. The number of carbonyl (C=O) groups is 1. The molecule has 28 heavy (non-hydrogen) atoms. The molecule has 2 aromatic carbocycles. The summed E-state index contributed by atoms with van der Waals surface area (Å²) in [6.45, 7) is 3.94. The highest BCUT2D eigenvalue weighted by molar-refractivity contribution is 5.89. The molecule has 0 bridgehead atoms. The van der Waals surface area contributed by atoms with Crippen molar-refractivity contribution < 1.29 is 18.3 Å². The van der Waals surface area contributed by atoms with Crippen LogP contribution in [0.4, 0.5) is 19.3 Å². The van der Waals surface area contributed by atoms with E-state index in [4.69, 9.17) is 4.74 Å². The minimum absolute atomic E-state index is 0.0548. The fourth-order valence-electron chi connectivity index (χ4n) is 3.33. The molecule has 5 nitrogen and oxygen atoms in total. The second-order valence-corrected chi connectivity index (χ2v) is 7.08. The zero-order valence-electron chi connectivity index (χ0n) is 16.1. The molecule has 1 aliphatic heterocycles. The number of hydrogen-bond acceptors (Lipinski definition) is 3. The van der Waals surface area contributed by atoms with Crippen molar-refractivity contribution in [1.29, 1.82) is 0 Å². The van der Waals surface area contributed by atoms with E-state index in [0.29, 0.717) is 17.8 Å². The van der Waals surface area contributed by atoms with Crippen LogP contribution in [0.25, 0.3) is 0 Å².